The van der Waals surface area contributed by atoms with Gasteiger partial charge < -0.3 is 19.0 Å². The number of aromatic nitrogens is 2. The first-order valence-corrected chi connectivity index (χ1v) is 10.7. The van der Waals surface area contributed by atoms with Crippen molar-refractivity contribution in [3.8, 4) is 5.75 Å². The number of methoxy groups -OCH3 is 1. The van der Waals surface area contributed by atoms with Crippen molar-refractivity contribution >= 4 is 16.8 Å². The molecule has 4 aromatic rings. The van der Waals surface area contributed by atoms with E-state index in [-0.39, 0.29) is 17.6 Å². The van der Waals surface area contributed by atoms with Gasteiger partial charge in [-0.15, -0.1) is 0 Å². The summed E-state index contributed by atoms with van der Waals surface area (Å²) >= 11 is 0. The number of amides is 1. The Hall–Kier alpha value is -3.61. The summed E-state index contributed by atoms with van der Waals surface area (Å²) in [5.74, 6) is 1.82. The summed E-state index contributed by atoms with van der Waals surface area (Å²) in [6.07, 6.45) is 4.18. The number of rotatable bonds is 5. The van der Waals surface area contributed by atoms with Crippen molar-refractivity contribution in [2.45, 2.75) is 25.2 Å². The maximum atomic E-state index is 14.0. The highest BCUT2D eigenvalue weighted by molar-refractivity contribution is 5.98. The second kappa shape index (κ2) is 8.49. The van der Waals surface area contributed by atoms with Crippen LogP contribution in [0.1, 0.15) is 46.5 Å². The fourth-order valence-electron chi connectivity index (χ4n) is 4.31. The standard InChI is InChI=1S/C25H24FN3O3/c1-31-19-9-7-16(8-10-19)12-20-14-27-24(32-20)18-5-3-11-29(15-18)25(30)22-13-17-4-2-6-21(26)23(17)28-22/h2,4,6-10,13-14,18,28H,3,5,11-12,15H2,1H3. The molecule has 164 valence electrons. The Bertz CT molecular complexity index is 1250. The lowest BCUT2D eigenvalue weighted by Crippen LogP contribution is -2.39. The molecular formula is C25H24FN3O3. The Balaban J connectivity index is 1.28. The molecule has 2 aromatic carbocycles. The predicted octanol–water partition coefficient (Wildman–Crippen LogP) is 4.91. The summed E-state index contributed by atoms with van der Waals surface area (Å²) in [4.78, 5) is 22.3. The lowest BCUT2D eigenvalue weighted by molar-refractivity contribution is 0.0693. The van der Waals surface area contributed by atoms with Crippen LogP contribution in [-0.2, 0) is 6.42 Å². The SMILES string of the molecule is COc1ccc(Cc2cnc(C3CCCN(C(=O)c4cc5cccc(F)c5[nH]4)C3)o2)cc1. The Morgan fingerprint density at radius 2 is 2.12 bits per heavy atom. The molecule has 0 bridgehead atoms. The molecule has 0 saturated carbocycles. The van der Waals surface area contributed by atoms with E-state index in [1.165, 1.54) is 6.07 Å². The number of carbonyl (C=O) groups excluding carboxylic acids is 1. The van der Waals surface area contributed by atoms with Gasteiger partial charge in [0.05, 0.1) is 24.7 Å². The number of hydrogen-bond donors (Lipinski definition) is 1. The fourth-order valence-corrected chi connectivity index (χ4v) is 4.31. The van der Waals surface area contributed by atoms with Crippen LogP contribution in [0.5, 0.6) is 5.75 Å². The van der Waals surface area contributed by atoms with Gasteiger partial charge in [0.15, 0.2) is 5.89 Å². The third kappa shape index (κ3) is 3.98. The van der Waals surface area contributed by atoms with Gasteiger partial charge in [0.2, 0.25) is 0 Å². The lowest BCUT2D eigenvalue weighted by atomic mass is 9.97. The topological polar surface area (TPSA) is 71.4 Å². The number of benzene rings is 2. The summed E-state index contributed by atoms with van der Waals surface area (Å²) in [5, 5.41) is 0.692. The van der Waals surface area contributed by atoms with Crippen molar-refractivity contribution in [2.75, 3.05) is 20.2 Å². The summed E-state index contributed by atoms with van der Waals surface area (Å²) in [7, 11) is 1.65. The zero-order valence-electron chi connectivity index (χ0n) is 17.8. The second-order valence-electron chi connectivity index (χ2n) is 8.17. The molecule has 32 heavy (non-hydrogen) atoms. The molecule has 2 aromatic heterocycles. The van der Waals surface area contributed by atoms with Gasteiger partial charge in [-0.25, -0.2) is 9.37 Å². The van der Waals surface area contributed by atoms with Crippen molar-refractivity contribution < 1.29 is 18.3 Å². The minimum atomic E-state index is -0.359. The highest BCUT2D eigenvalue weighted by atomic mass is 19.1. The Morgan fingerprint density at radius 3 is 2.91 bits per heavy atom. The quantitative estimate of drug-likeness (QED) is 0.485. The van der Waals surface area contributed by atoms with E-state index in [1.807, 2.05) is 24.3 Å². The Labute approximate surface area is 185 Å². The van der Waals surface area contributed by atoms with Crippen molar-refractivity contribution in [1.29, 1.82) is 0 Å². The smallest absolute Gasteiger partial charge is 0.270 e. The van der Waals surface area contributed by atoms with E-state index in [1.54, 1.807) is 36.4 Å². The lowest BCUT2D eigenvalue weighted by Gasteiger charge is -2.31. The third-order valence-electron chi connectivity index (χ3n) is 6.00. The number of aromatic amines is 1. The number of para-hydroxylation sites is 1. The number of oxazole rings is 1. The molecule has 0 radical (unpaired) electrons. The molecule has 1 aliphatic rings. The molecular weight excluding hydrogens is 409 g/mol. The number of ether oxygens (including phenoxy) is 1. The fraction of sp³-hybridized carbons (Fsp3) is 0.280. The first-order valence-electron chi connectivity index (χ1n) is 10.7. The first kappa shape index (κ1) is 20.3. The van der Waals surface area contributed by atoms with Gasteiger partial charge in [-0.2, -0.15) is 0 Å². The second-order valence-corrected chi connectivity index (χ2v) is 8.17. The van der Waals surface area contributed by atoms with Crippen molar-refractivity contribution in [2.24, 2.45) is 0 Å². The molecule has 3 heterocycles. The van der Waals surface area contributed by atoms with E-state index in [0.717, 1.165) is 29.9 Å². The zero-order chi connectivity index (χ0) is 22.1. The van der Waals surface area contributed by atoms with Crippen LogP contribution in [0.25, 0.3) is 10.9 Å². The summed E-state index contributed by atoms with van der Waals surface area (Å²) < 4.78 is 25.2. The highest BCUT2D eigenvalue weighted by Crippen LogP contribution is 2.29. The molecule has 1 atom stereocenters. The van der Waals surface area contributed by atoms with Gasteiger partial charge >= 0.3 is 0 Å². The van der Waals surface area contributed by atoms with Crippen LogP contribution in [0.4, 0.5) is 4.39 Å². The van der Waals surface area contributed by atoms with E-state index < -0.39 is 0 Å². The van der Waals surface area contributed by atoms with Gasteiger partial charge in [-0.05, 0) is 42.7 Å². The zero-order valence-corrected chi connectivity index (χ0v) is 17.8. The van der Waals surface area contributed by atoms with Crippen LogP contribution >= 0.6 is 0 Å². The van der Waals surface area contributed by atoms with Gasteiger partial charge in [0.1, 0.15) is 23.0 Å². The number of H-pyrrole nitrogens is 1. The number of fused-ring (bicyclic) bond motifs is 1. The van der Waals surface area contributed by atoms with E-state index in [0.29, 0.717) is 42.0 Å². The molecule has 5 rings (SSSR count). The van der Waals surface area contributed by atoms with Gasteiger partial charge in [0, 0.05) is 24.9 Å². The molecule has 6 nitrogen and oxygen atoms in total. The van der Waals surface area contributed by atoms with Gasteiger partial charge in [-0.3, -0.25) is 4.79 Å². The highest BCUT2D eigenvalue weighted by Gasteiger charge is 2.29. The maximum absolute atomic E-state index is 14.0. The largest absolute Gasteiger partial charge is 0.497 e. The van der Waals surface area contributed by atoms with Crippen LogP contribution < -0.4 is 4.74 Å². The van der Waals surface area contributed by atoms with Crippen molar-refractivity contribution in [3.63, 3.8) is 0 Å². The summed E-state index contributed by atoms with van der Waals surface area (Å²) in [6.45, 7) is 1.19. The summed E-state index contributed by atoms with van der Waals surface area (Å²) in [5.41, 5.74) is 1.87. The molecule has 1 N–H and O–H groups in total. The predicted molar refractivity (Wildman–Crippen MR) is 118 cm³/mol. The van der Waals surface area contributed by atoms with Crippen LogP contribution in [0, 0.1) is 5.82 Å². The average molecular weight is 433 g/mol. The number of likely N-dealkylation sites (tertiary alicyclic amines) is 1. The minimum absolute atomic E-state index is 0.0402. The Kier molecular flexibility index (Phi) is 5.39. The number of piperidine rings is 1. The number of hydrogen-bond acceptors (Lipinski definition) is 4. The van der Waals surface area contributed by atoms with Crippen LogP contribution in [0.3, 0.4) is 0 Å². The number of nitrogens with one attached hydrogen (secondary N) is 1. The van der Waals surface area contributed by atoms with E-state index in [9.17, 15) is 9.18 Å². The van der Waals surface area contributed by atoms with E-state index >= 15 is 0 Å². The van der Waals surface area contributed by atoms with Crippen molar-refractivity contribution in [3.05, 3.63) is 83.5 Å². The number of nitrogens with zero attached hydrogens (tertiary/aromatic N) is 2. The van der Waals surface area contributed by atoms with Gasteiger partial charge in [-0.1, -0.05) is 24.3 Å². The molecule has 1 aliphatic heterocycles. The van der Waals surface area contributed by atoms with Crippen LogP contribution in [-0.4, -0.2) is 41.0 Å². The maximum Gasteiger partial charge on any atom is 0.270 e. The molecule has 1 fully saturated rings. The minimum Gasteiger partial charge on any atom is -0.497 e. The molecule has 0 spiro atoms. The molecule has 1 saturated heterocycles. The Morgan fingerprint density at radius 1 is 1.28 bits per heavy atom. The summed E-state index contributed by atoms with van der Waals surface area (Å²) in [6, 6.07) is 14.4. The normalized spacial score (nSPS) is 16.4. The number of halogens is 1. The molecule has 0 aliphatic carbocycles. The van der Waals surface area contributed by atoms with Crippen LogP contribution in [0.15, 0.2) is 59.1 Å². The monoisotopic (exact) mass is 433 g/mol. The average Bonchev–Trinajstić information content (AvgIpc) is 3.47. The van der Waals surface area contributed by atoms with E-state index in [2.05, 4.69) is 9.97 Å². The number of carbonyl (C=O) groups is 1. The third-order valence-corrected chi connectivity index (χ3v) is 6.00. The molecule has 1 unspecified atom stereocenters. The molecule has 1 amide bonds. The van der Waals surface area contributed by atoms with E-state index in [4.69, 9.17) is 9.15 Å². The van der Waals surface area contributed by atoms with Crippen LogP contribution in [0.2, 0.25) is 0 Å². The van der Waals surface area contributed by atoms with Crippen molar-refractivity contribution in [1.82, 2.24) is 14.9 Å². The molecule has 7 heteroatoms. The first-order chi connectivity index (χ1) is 15.6. The van der Waals surface area contributed by atoms with Gasteiger partial charge in [0.25, 0.3) is 5.91 Å².